The quantitative estimate of drug-likeness (QED) is 0.847. The molecule has 19 heavy (non-hydrogen) atoms. The van der Waals surface area contributed by atoms with Gasteiger partial charge in [0, 0.05) is 25.1 Å². The lowest BCUT2D eigenvalue weighted by Gasteiger charge is -2.11. The topological polar surface area (TPSA) is 53.7 Å². The van der Waals surface area contributed by atoms with Gasteiger partial charge >= 0.3 is 0 Å². The number of carbonyl (C=O) groups excluding carboxylic acids is 1. The Balaban J connectivity index is 1.59. The molecule has 3 rings (SSSR count). The first-order valence-electron chi connectivity index (χ1n) is 6.88. The average Bonchev–Trinajstić information content (AvgIpc) is 2.84. The van der Waals surface area contributed by atoms with Crippen LogP contribution in [0, 0.1) is 5.92 Å². The van der Waals surface area contributed by atoms with Gasteiger partial charge in [0.25, 0.3) is 0 Å². The molecule has 1 amide bonds. The average molecular weight is 261 g/mol. The highest BCUT2D eigenvalue weighted by atomic mass is 16.3. The molecule has 0 aromatic carbocycles. The van der Waals surface area contributed by atoms with E-state index in [1.807, 2.05) is 12.1 Å². The van der Waals surface area contributed by atoms with E-state index in [1.165, 1.54) is 12.5 Å². The van der Waals surface area contributed by atoms with E-state index in [2.05, 4.69) is 6.92 Å². The highest BCUT2D eigenvalue weighted by molar-refractivity contribution is 5.91. The number of amides is 1. The Morgan fingerprint density at radius 2 is 2.32 bits per heavy atom. The van der Waals surface area contributed by atoms with E-state index in [0.29, 0.717) is 25.4 Å². The molecule has 0 radical (unpaired) electrons. The number of aliphatic hydroxyl groups is 1. The SMILES string of the molecule is CC1CC1c1ccc(C=CC(=O)N2CC[C@@H](O)C2)o1. The van der Waals surface area contributed by atoms with Crippen LogP contribution in [0.1, 0.15) is 37.2 Å². The van der Waals surface area contributed by atoms with Crippen LogP contribution < -0.4 is 0 Å². The number of β-amino-alcohol motifs (C(OH)–C–C–N with tert-alkyl or cyclic N) is 1. The third-order valence-corrected chi connectivity index (χ3v) is 3.99. The number of hydrogen-bond donors (Lipinski definition) is 1. The normalized spacial score (nSPS) is 30.2. The summed E-state index contributed by atoms with van der Waals surface area (Å²) in [6.45, 7) is 3.28. The maximum atomic E-state index is 11.9. The summed E-state index contributed by atoms with van der Waals surface area (Å²) < 4.78 is 5.71. The number of rotatable bonds is 3. The molecule has 1 N–H and O–H groups in total. The minimum absolute atomic E-state index is 0.0608. The third-order valence-electron chi connectivity index (χ3n) is 3.99. The van der Waals surface area contributed by atoms with Crippen molar-refractivity contribution in [3.05, 3.63) is 29.7 Å². The predicted molar refractivity (Wildman–Crippen MR) is 71.5 cm³/mol. The molecule has 1 aliphatic carbocycles. The number of furan rings is 1. The molecular formula is C15H19NO3. The zero-order valence-electron chi connectivity index (χ0n) is 11.1. The van der Waals surface area contributed by atoms with Crippen LogP contribution in [0.4, 0.5) is 0 Å². The molecule has 0 spiro atoms. The summed E-state index contributed by atoms with van der Waals surface area (Å²) in [4.78, 5) is 13.5. The molecule has 1 aromatic heterocycles. The molecule has 1 saturated carbocycles. The number of aliphatic hydroxyl groups excluding tert-OH is 1. The highest BCUT2D eigenvalue weighted by Gasteiger charge is 2.36. The number of likely N-dealkylation sites (tertiary alicyclic amines) is 1. The second-order valence-corrected chi connectivity index (χ2v) is 5.62. The monoisotopic (exact) mass is 261 g/mol. The van der Waals surface area contributed by atoms with Crippen molar-refractivity contribution in [2.75, 3.05) is 13.1 Å². The van der Waals surface area contributed by atoms with Crippen molar-refractivity contribution in [3.8, 4) is 0 Å². The maximum absolute atomic E-state index is 11.9. The molecule has 1 saturated heterocycles. The highest BCUT2D eigenvalue weighted by Crippen LogP contribution is 2.47. The molecule has 102 valence electrons. The molecule has 4 heteroatoms. The van der Waals surface area contributed by atoms with Crippen LogP contribution in [0.3, 0.4) is 0 Å². The van der Waals surface area contributed by atoms with E-state index in [9.17, 15) is 9.90 Å². The first kappa shape index (κ1) is 12.5. The Morgan fingerprint density at radius 1 is 1.53 bits per heavy atom. The summed E-state index contributed by atoms with van der Waals surface area (Å²) in [5, 5.41) is 9.39. The van der Waals surface area contributed by atoms with Crippen LogP contribution in [-0.2, 0) is 4.79 Å². The minimum atomic E-state index is -0.371. The second-order valence-electron chi connectivity index (χ2n) is 5.62. The molecule has 3 atom stereocenters. The van der Waals surface area contributed by atoms with Crippen molar-refractivity contribution >= 4 is 12.0 Å². The molecule has 2 fully saturated rings. The van der Waals surface area contributed by atoms with Gasteiger partial charge in [-0.2, -0.15) is 0 Å². The molecule has 2 heterocycles. The van der Waals surface area contributed by atoms with Crippen LogP contribution in [0.25, 0.3) is 6.08 Å². The zero-order valence-corrected chi connectivity index (χ0v) is 11.1. The van der Waals surface area contributed by atoms with Gasteiger partial charge in [0.15, 0.2) is 0 Å². The summed E-state index contributed by atoms with van der Waals surface area (Å²) in [6.07, 6.45) is 4.73. The maximum Gasteiger partial charge on any atom is 0.246 e. The Kier molecular flexibility index (Phi) is 3.19. The van der Waals surface area contributed by atoms with Crippen molar-refractivity contribution in [2.45, 2.75) is 31.8 Å². The van der Waals surface area contributed by atoms with Crippen LogP contribution in [0.5, 0.6) is 0 Å². The lowest BCUT2D eigenvalue weighted by Crippen LogP contribution is -2.27. The zero-order chi connectivity index (χ0) is 13.4. The van der Waals surface area contributed by atoms with Crippen molar-refractivity contribution in [1.82, 2.24) is 4.90 Å². The fourth-order valence-electron chi connectivity index (χ4n) is 2.58. The second kappa shape index (κ2) is 4.85. The molecule has 1 aliphatic heterocycles. The van der Waals surface area contributed by atoms with E-state index in [4.69, 9.17) is 4.42 Å². The van der Waals surface area contributed by atoms with Crippen molar-refractivity contribution in [1.29, 1.82) is 0 Å². The lowest BCUT2D eigenvalue weighted by atomic mass is 10.3. The fourth-order valence-corrected chi connectivity index (χ4v) is 2.58. The number of hydrogen-bond acceptors (Lipinski definition) is 3. The van der Waals surface area contributed by atoms with Gasteiger partial charge < -0.3 is 14.4 Å². The Labute approximate surface area is 112 Å². The van der Waals surface area contributed by atoms with Crippen LogP contribution in [-0.4, -0.2) is 35.1 Å². The van der Waals surface area contributed by atoms with Gasteiger partial charge in [-0.15, -0.1) is 0 Å². The molecule has 2 unspecified atom stereocenters. The number of carbonyl (C=O) groups is 1. The first-order chi connectivity index (χ1) is 9.13. The summed E-state index contributed by atoms with van der Waals surface area (Å²) in [5.41, 5.74) is 0. The van der Waals surface area contributed by atoms with E-state index < -0.39 is 0 Å². The summed E-state index contributed by atoms with van der Waals surface area (Å²) in [7, 11) is 0. The van der Waals surface area contributed by atoms with Gasteiger partial charge in [0.05, 0.1) is 6.10 Å². The van der Waals surface area contributed by atoms with Crippen LogP contribution in [0.15, 0.2) is 22.6 Å². The van der Waals surface area contributed by atoms with Crippen molar-refractivity contribution in [3.63, 3.8) is 0 Å². The Hall–Kier alpha value is -1.55. The largest absolute Gasteiger partial charge is 0.461 e. The van der Waals surface area contributed by atoms with E-state index in [-0.39, 0.29) is 12.0 Å². The van der Waals surface area contributed by atoms with Gasteiger partial charge in [0.1, 0.15) is 11.5 Å². The minimum Gasteiger partial charge on any atom is -0.461 e. The van der Waals surface area contributed by atoms with E-state index in [0.717, 1.165) is 17.4 Å². The summed E-state index contributed by atoms with van der Waals surface area (Å²) in [5.74, 6) is 2.97. The standard InChI is InChI=1S/C15H19NO3/c1-10-8-13(10)14-4-2-12(19-14)3-5-15(18)16-7-6-11(17)9-16/h2-5,10-11,13,17H,6-9H2,1H3/t10?,11-,13?/m1/s1. The molecule has 1 aromatic rings. The van der Waals surface area contributed by atoms with E-state index in [1.54, 1.807) is 11.0 Å². The summed E-state index contributed by atoms with van der Waals surface area (Å²) >= 11 is 0. The van der Waals surface area contributed by atoms with Gasteiger partial charge in [-0.25, -0.2) is 0 Å². The van der Waals surface area contributed by atoms with Gasteiger partial charge in [0.2, 0.25) is 5.91 Å². The molecular weight excluding hydrogens is 242 g/mol. The van der Waals surface area contributed by atoms with Crippen LogP contribution in [0.2, 0.25) is 0 Å². The smallest absolute Gasteiger partial charge is 0.246 e. The Bertz CT molecular complexity index is 505. The third kappa shape index (κ3) is 2.73. The fraction of sp³-hybridized carbons (Fsp3) is 0.533. The Morgan fingerprint density at radius 3 is 2.95 bits per heavy atom. The molecule has 2 aliphatic rings. The van der Waals surface area contributed by atoms with Gasteiger partial charge in [-0.1, -0.05) is 6.92 Å². The van der Waals surface area contributed by atoms with Gasteiger partial charge in [-0.05, 0) is 37.0 Å². The first-order valence-corrected chi connectivity index (χ1v) is 6.88. The predicted octanol–water partition coefficient (Wildman–Crippen LogP) is 2.01. The molecule has 4 nitrogen and oxygen atoms in total. The van der Waals surface area contributed by atoms with Crippen molar-refractivity contribution < 1.29 is 14.3 Å². The summed E-state index contributed by atoms with van der Waals surface area (Å²) in [6, 6.07) is 3.90. The lowest BCUT2D eigenvalue weighted by molar-refractivity contribution is -0.125. The van der Waals surface area contributed by atoms with Gasteiger partial charge in [-0.3, -0.25) is 4.79 Å². The number of nitrogens with zero attached hydrogens (tertiary/aromatic N) is 1. The molecule has 0 bridgehead atoms. The van der Waals surface area contributed by atoms with Crippen molar-refractivity contribution in [2.24, 2.45) is 5.92 Å². The van der Waals surface area contributed by atoms with Crippen LogP contribution >= 0.6 is 0 Å². The van der Waals surface area contributed by atoms with E-state index >= 15 is 0 Å².